The van der Waals surface area contributed by atoms with Gasteiger partial charge in [-0.05, 0) is 18.9 Å². The summed E-state index contributed by atoms with van der Waals surface area (Å²) in [5, 5.41) is 0. The molecule has 0 bridgehead atoms. The van der Waals surface area contributed by atoms with Crippen LogP contribution in [0.5, 0.6) is 5.75 Å². The Bertz CT molecular complexity index is 319. The van der Waals surface area contributed by atoms with Crippen LogP contribution in [0.2, 0.25) is 0 Å². The number of hydrogen-bond donors (Lipinski definition) is 1. The van der Waals surface area contributed by atoms with Crippen LogP contribution in [-0.4, -0.2) is 6.61 Å². The molecule has 1 aliphatic rings. The van der Waals surface area contributed by atoms with Gasteiger partial charge in [-0.2, -0.15) is 0 Å². The summed E-state index contributed by atoms with van der Waals surface area (Å²) in [4.78, 5) is 0. The molecule has 2 nitrogen and oxygen atoms in total. The number of halogens is 2. The van der Waals surface area contributed by atoms with E-state index in [2.05, 4.69) is 0 Å². The Labute approximate surface area is 88.7 Å². The Hall–Kier alpha value is -0.800. The van der Waals surface area contributed by atoms with Crippen molar-refractivity contribution in [3.8, 4) is 5.75 Å². The third-order valence-electron chi connectivity index (χ3n) is 2.29. The Balaban J connectivity index is 0.000000980. The molecule has 14 heavy (non-hydrogen) atoms. The Morgan fingerprint density at radius 2 is 2.21 bits per heavy atom. The molecule has 0 saturated heterocycles. The predicted molar refractivity (Wildman–Crippen MR) is 55.3 cm³/mol. The minimum atomic E-state index is -0.271. The van der Waals surface area contributed by atoms with E-state index in [1.165, 1.54) is 12.1 Å². The van der Waals surface area contributed by atoms with Gasteiger partial charge in [0.1, 0.15) is 11.6 Å². The van der Waals surface area contributed by atoms with Crippen LogP contribution in [0, 0.1) is 5.82 Å². The average molecular weight is 218 g/mol. The second-order valence-electron chi connectivity index (χ2n) is 3.28. The summed E-state index contributed by atoms with van der Waals surface area (Å²) in [5.74, 6) is 0.331. The zero-order valence-electron chi connectivity index (χ0n) is 7.70. The van der Waals surface area contributed by atoms with Gasteiger partial charge in [-0.1, -0.05) is 6.07 Å². The molecule has 1 heterocycles. The van der Waals surface area contributed by atoms with Gasteiger partial charge in [-0.15, -0.1) is 12.4 Å². The van der Waals surface area contributed by atoms with Crippen molar-refractivity contribution in [1.29, 1.82) is 0 Å². The van der Waals surface area contributed by atoms with E-state index in [4.69, 9.17) is 10.5 Å². The Morgan fingerprint density at radius 1 is 1.43 bits per heavy atom. The number of rotatable bonds is 0. The molecule has 0 radical (unpaired) electrons. The minimum Gasteiger partial charge on any atom is -0.493 e. The lowest BCUT2D eigenvalue weighted by molar-refractivity contribution is 0.314. The predicted octanol–water partition coefficient (Wildman–Crippen LogP) is 2.42. The van der Waals surface area contributed by atoms with Crippen molar-refractivity contribution < 1.29 is 9.13 Å². The number of ether oxygens (including phenoxy) is 1. The first kappa shape index (κ1) is 11.3. The highest BCUT2D eigenvalue weighted by atomic mass is 35.5. The number of fused-ring (bicyclic) bond motifs is 1. The number of hydrogen-bond acceptors (Lipinski definition) is 2. The molecule has 0 amide bonds. The van der Waals surface area contributed by atoms with E-state index in [-0.39, 0.29) is 24.3 Å². The molecule has 78 valence electrons. The van der Waals surface area contributed by atoms with Crippen LogP contribution in [-0.2, 0) is 0 Å². The van der Waals surface area contributed by atoms with Crippen LogP contribution in [0.3, 0.4) is 0 Å². The summed E-state index contributed by atoms with van der Waals surface area (Å²) in [6, 6.07) is 4.52. The number of benzene rings is 1. The van der Waals surface area contributed by atoms with Gasteiger partial charge in [-0.25, -0.2) is 4.39 Å². The summed E-state index contributed by atoms with van der Waals surface area (Å²) < 4.78 is 18.2. The van der Waals surface area contributed by atoms with Gasteiger partial charge in [0, 0.05) is 17.7 Å². The van der Waals surface area contributed by atoms with Gasteiger partial charge in [0.05, 0.1) is 6.61 Å². The van der Waals surface area contributed by atoms with Gasteiger partial charge in [0.25, 0.3) is 0 Å². The minimum absolute atomic E-state index is 0. The summed E-state index contributed by atoms with van der Waals surface area (Å²) in [5.41, 5.74) is 6.81. The molecule has 0 fully saturated rings. The molecule has 2 rings (SSSR count). The SMILES string of the molecule is Cl.NC1CCCOc2cc(F)ccc21. The van der Waals surface area contributed by atoms with Crippen LogP contribution in [0.4, 0.5) is 4.39 Å². The van der Waals surface area contributed by atoms with Gasteiger partial charge >= 0.3 is 0 Å². The molecule has 1 aromatic carbocycles. The molecule has 1 atom stereocenters. The molecule has 0 aromatic heterocycles. The highest BCUT2D eigenvalue weighted by Crippen LogP contribution is 2.30. The van der Waals surface area contributed by atoms with Crippen molar-refractivity contribution in [2.45, 2.75) is 18.9 Å². The summed E-state index contributed by atoms with van der Waals surface area (Å²) in [6.45, 7) is 0.629. The first-order chi connectivity index (χ1) is 6.27. The maximum Gasteiger partial charge on any atom is 0.126 e. The van der Waals surface area contributed by atoms with Crippen molar-refractivity contribution >= 4 is 12.4 Å². The van der Waals surface area contributed by atoms with E-state index in [0.717, 1.165) is 18.4 Å². The number of nitrogens with two attached hydrogens (primary N) is 1. The van der Waals surface area contributed by atoms with E-state index < -0.39 is 0 Å². The first-order valence-corrected chi connectivity index (χ1v) is 4.45. The van der Waals surface area contributed by atoms with E-state index >= 15 is 0 Å². The maximum atomic E-state index is 12.8. The zero-order valence-corrected chi connectivity index (χ0v) is 8.52. The summed E-state index contributed by atoms with van der Waals surface area (Å²) >= 11 is 0. The van der Waals surface area contributed by atoms with Crippen molar-refractivity contribution in [3.63, 3.8) is 0 Å². The molecule has 1 unspecified atom stereocenters. The van der Waals surface area contributed by atoms with Crippen LogP contribution in [0.1, 0.15) is 24.4 Å². The molecular weight excluding hydrogens is 205 g/mol. The fourth-order valence-electron chi connectivity index (χ4n) is 1.58. The highest BCUT2D eigenvalue weighted by Gasteiger charge is 2.16. The highest BCUT2D eigenvalue weighted by molar-refractivity contribution is 5.85. The zero-order chi connectivity index (χ0) is 9.26. The quantitative estimate of drug-likeness (QED) is 0.725. The molecule has 1 aliphatic heterocycles. The van der Waals surface area contributed by atoms with Crippen LogP contribution in [0.15, 0.2) is 18.2 Å². The van der Waals surface area contributed by atoms with E-state index in [1.54, 1.807) is 6.07 Å². The van der Waals surface area contributed by atoms with Gasteiger partial charge in [0.15, 0.2) is 0 Å². The van der Waals surface area contributed by atoms with Crippen LogP contribution >= 0.6 is 12.4 Å². The Kier molecular flexibility index (Phi) is 3.72. The van der Waals surface area contributed by atoms with Crippen LogP contribution < -0.4 is 10.5 Å². The van der Waals surface area contributed by atoms with Gasteiger partial charge in [-0.3, -0.25) is 0 Å². The standard InChI is InChI=1S/C10H12FNO.ClH/c11-7-3-4-8-9(12)2-1-5-13-10(8)6-7;/h3-4,6,9H,1-2,5,12H2;1H. The topological polar surface area (TPSA) is 35.2 Å². The first-order valence-electron chi connectivity index (χ1n) is 4.45. The molecule has 1 aromatic rings. The van der Waals surface area contributed by atoms with E-state index in [9.17, 15) is 4.39 Å². The second-order valence-corrected chi connectivity index (χ2v) is 3.28. The smallest absolute Gasteiger partial charge is 0.126 e. The van der Waals surface area contributed by atoms with Crippen molar-refractivity contribution in [3.05, 3.63) is 29.6 Å². The molecule has 0 saturated carbocycles. The van der Waals surface area contributed by atoms with Crippen molar-refractivity contribution in [1.82, 2.24) is 0 Å². The molecule has 0 aliphatic carbocycles. The second kappa shape index (κ2) is 4.62. The Morgan fingerprint density at radius 3 is 3.00 bits per heavy atom. The third kappa shape index (κ3) is 2.16. The fourth-order valence-corrected chi connectivity index (χ4v) is 1.58. The van der Waals surface area contributed by atoms with Crippen LogP contribution in [0.25, 0.3) is 0 Å². The monoisotopic (exact) mass is 217 g/mol. The van der Waals surface area contributed by atoms with E-state index in [0.29, 0.717) is 12.4 Å². The molecule has 2 N–H and O–H groups in total. The molecule has 4 heteroatoms. The lowest BCUT2D eigenvalue weighted by Crippen LogP contribution is -2.08. The molecular formula is C10H13ClFNO. The lowest BCUT2D eigenvalue weighted by atomic mass is 10.0. The van der Waals surface area contributed by atoms with Gasteiger partial charge < -0.3 is 10.5 Å². The van der Waals surface area contributed by atoms with E-state index in [1.807, 2.05) is 0 Å². The lowest BCUT2D eigenvalue weighted by Gasteiger charge is -2.10. The summed E-state index contributed by atoms with van der Waals surface area (Å²) in [6.07, 6.45) is 1.83. The van der Waals surface area contributed by atoms with Crippen molar-refractivity contribution in [2.75, 3.05) is 6.61 Å². The van der Waals surface area contributed by atoms with Gasteiger partial charge in [0.2, 0.25) is 0 Å². The normalized spacial score (nSPS) is 20.0. The average Bonchev–Trinajstić information content (AvgIpc) is 2.28. The third-order valence-corrected chi connectivity index (χ3v) is 2.29. The van der Waals surface area contributed by atoms with Crippen molar-refractivity contribution in [2.24, 2.45) is 5.73 Å². The fraction of sp³-hybridized carbons (Fsp3) is 0.400. The summed E-state index contributed by atoms with van der Waals surface area (Å²) in [7, 11) is 0. The largest absolute Gasteiger partial charge is 0.493 e. The molecule has 0 spiro atoms. The maximum absolute atomic E-state index is 12.8.